The van der Waals surface area contributed by atoms with Gasteiger partial charge in [-0.3, -0.25) is 4.79 Å². The van der Waals surface area contributed by atoms with E-state index in [0.717, 1.165) is 0 Å². The quantitative estimate of drug-likeness (QED) is 0.630. The molecular formula is C23H22N2O6. The molecule has 0 saturated carbocycles. The number of pyridine rings is 1. The van der Waals surface area contributed by atoms with E-state index in [1.165, 1.54) is 7.11 Å². The first-order chi connectivity index (χ1) is 14.9. The molecule has 160 valence electrons. The number of ether oxygens (including phenoxy) is 3. The SMILES string of the molecule is COC(=O)C1=C(N)Oc2cc(C)n(Cc3ccco3)c(=O)c2[C@H]1c1cccc(OC)c1. The number of carbonyl (C=O) groups is 1. The van der Waals surface area contributed by atoms with Crippen LogP contribution in [0.2, 0.25) is 0 Å². The van der Waals surface area contributed by atoms with Crippen LogP contribution in [0, 0.1) is 6.92 Å². The molecule has 1 aliphatic rings. The number of nitrogens with zero attached hydrogens (tertiary/aromatic N) is 1. The van der Waals surface area contributed by atoms with Crippen molar-refractivity contribution in [3.8, 4) is 11.5 Å². The van der Waals surface area contributed by atoms with Crippen molar-refractivity contribution >= 4 is 5.97 Å². The molecule has 0 radical (unpaired) electrons. The number of aromatic nitrogens is 1. The number of benzene rings is 1. The maximum Gasteiger partial charge on any atom is 0.340 e. The van der Waals surface area contributed by atoms with E-state index in [4.69, 9.17) is 24.4 Å². The summed E-state index contributed by atoms with van der Waals surface area (Å²) in [6.07, 6.45) is 1.55. The van der Waals surface area contributed by atoms with Crippen LogP contribution >= 0.6 is 0 Å². The molecule has 1 aromatic carbocycles. The average Bonchev–Trinajstić information content (AvgIpc) is 3.28. The van der Waals surface area contributed by atoms with Crippen molar-refractivity contribution < 1.29 is 23.4 Å². The lowest BCUT2D eigenvalue weighted by molar-refractivity contribution is -0.136. The van der Waals surface area contributed by atoms with Crippen molar-refractivity contribution in [2.45, 2.75) is 19.4 Å². The maximum absolute atomic E-state index is 13.7. The van der Waals surface area contributed by atoms with Crippen LogP contribution in [0.4, 0.5) is 0 Å². The number of aryl methyl sites for hydroxylation is 1. The molecule has 8 nitrogen and oxygen atoms in total. The molecule has 0 unspecified atom stereocenters. The van der Waals surface area contributed by atoms with E-state index < -0.39 is 11.9 Å². The van der Waals surface area contributed by atoms with Crippen LogP contribution in [0.15, 0.2) is 69.4 Å². The smallest absolute Gasteiger partial charge is 0.340 e. The van der Waals surface area contributed by atoms with Gasteiger partial charge < -0.3 is 28.9 Å². The fourth-order valence-corrected chi connectivity index (χ4v) is 3.80. The van der Waals surface area contributed by atoms with Crippen molar-refractivity contribution in [1.82, 2.24) is 4.57 Å². The normalized spacial score (nSPS) is 15.3. The Morgan fingerprint density at radius 2 is 2.00 bits per heavy atom. The monoisotopic (exact) mass is 422 g/mol. The molecule has 0 spiro atoms. The van der Waals surface area contributed by atoms with Crippen LogP contribution in [0.5, 0.6) is 11.5 Å². The highest BCUT2D eigenvalue weighted by Gasteiger charge is 2.38. The zero-order valence-electron chi connectivity index (χ0n) is 17.4. The fraction of sp³-hybridized carbons (Fsp3) is 0.217. The molecule has 0 amide bonds. The number of nitrogens with two attached hydrogens (primary N) is 1. The number of furan rings is 1. The second kappa shape index (κ2) is 8.06. The third-order valence-electron chi connectivity index (χ3n) is 5.30. The van der Waals surface area contributed by atoms with Gasteiger partial charge in [0.05, 0.1) is 38.5 Å². The Balaban J connectivity index is 1.96. The first-order valence-corrected chi connectivity index (χ1v) is 9.61. The van der Waals surface area contributed by atoms with Crippen LogP contribution in [0.25, 0.3) is 0 Å². The predicted molar refractivity (Wildman–Crippen MR) is 112 cm³/mol. The molecule has 1 atom stereocenters. The number of fused-ring (bicyclic) bond motifs is 1. The van der Waals surface area contributed by atoms with E-state index in [0.29, 0.717) is 34.1 Å². The Kier molecular flexibility index (Phi) is 5.29. The summed E-state index contributed by atoms with van der Waals surface area (Å²) in [6, 6.07) is 12.4. The number of rotatable bonds is 5. The fourth-order valence-electron chi connectivity index (χ4n) is 3.80. The topological polar surface area (TPSA) is 106 Å². The molecule has 1 aliphatic heterocycles. The van der Waals surface area contributed by atoms with Crippen molar-refractivity contribution in [2.24, 2.45) is 5.73 Å². The average molecular weight is 422 g/mol. The molecule has 31 heavy (non-hydrogen) atoms. The number of esters is 1. The minimum atomic E-state index is -0.790. The predicted octanol–water partition coefficient (Wildman–Crippen LogP) is 2.67. The van der Waals surface area contributed by atoms with Crippen LogP contribution in [-0.2, 0) is 16.1 Å². The summed E-state index contributed by atoms with van der Waals surface area (Å²) in [7, 11) is 2.80. The summed E-state index contributed by atoms with van der Waals surface area (Å²) in [5, 5.41) is 0. The summed E-state index contributed by atoms with van der Waals surface area (Å²) in [5.41, 5.74) is 7.48. The minimum Gasteiger partial charge on any atom is -0.497 e. The van der Waals surface area contributed by atoms with Gasteiger partial charge in [0.1, 0.15) is 22.8 Å². The molecule has 0 saturated heterocycles. The first kappa shape index (κ1) is 20.3. The van der Waals surface area contributed by atoms with E-state index in [1.54, 1.807) is 67.3 Å². The summed E-state index contributed by atoms with van der Waals surface area (Å²) >= 11 is 0. The van der Waals surface area contributed by atoms with Gasteiger partial charge in [0.15, 0.2) is 0 Å². The molecule has 0 aliphatic carbocycles. The minimum absolute atomic E-state index is 0.0637. The van der Waals surface area contributed by atoms with E-state index >= 15 is 0 Å². The summed E-state index contributed by atoms with van der Waals surface area (Å²) in [6.45, 7) is 2.03. The van der Waals surface area contributed by atoms with Gasteiger partial charge in [0.2, 0.25) is 5.88 Å². The lowest BCUT2D eigenvalue weighted by atomic mass is 9.83. The van der Waals surface area contributed by atoms with Crippen LogP contribution in [0.1, 0.15) is 28.5 Å². The summed E-state index contributed by atoms with van der Waals surface area (Å²) in [5.74, 6) is -0.0545. The van der Waals surface area contributed by atoms with Gasteiger partial charge in [-0.05, 0) is 36.8 Å². The molecular weight excluding hydrogens is 400 g/mol. The van der Waals surface area contributed by atoms with Gasteiger partial charge in [-0.15, -0.1) is 0 Å². The first-order valence-electron chi connectivity index (χ1n) is 9.61. The van der Waals surface area contributed by atoms with Gasteiger partial charge in [-0.1, -0.05) is 12.1 Å². The summed E-state index contributed by atoms with van der Waals surface area (Å²) < 4.78 is 23.0. The molecule has 3 heterocycles. The van der Waals surface area contributed by atoms with Crippen LogP contribution in [-0.4, -0.2) is 24.8 Å². The standard InChI is InChI=1S/C23H22N2O6/c1-13-10-17-19(22(26)25(13)12-16-8-5-9-30-16)18(14-6-4-7-15(11-14)28-2)20(21(24)31-17)23(27)29-3/h4-11,18H,12,24H2,1-3H3/t18-/m1/s1. The van der Waals surface area contributed by atoms with Gasteiger partial charge >= 0.3 is 5.97 Å². The second-order valence-corrected chi connectivity index (χ2v) is 7.12. The Morgan fingerprint density at radius 1 is 1.19 bits per heavy atom. The highest BCUT2D eigenvalue weighted by Crippen LogP contribution is 2.42. The maximum atomic E-state index is 13.7. The van der Waals surface area contributed by atoms with Gasteiger partial charge in [0.25, 0.3) is 5.56 Å². The third-order valence-corrected chi connectivity index (χ3v) is 5.30. The highest BCUT2D eigenvalue weighted by molar-refractivity contribution is 5.92. The summed E-state index contributed by atoms with van der Waals surface area (Å²) in [4.78, 5) is 26.3. The Morgan fingerprint density at radius 3 is 2.68 bits per heavy atom. The Bertz CT molecular complexity index is 1220. The van der Waals surface area contributed by atoms with Crippen molar-refractivity contribution in [3.05, 3.63) is 93.1 Å². The molecule has 4 rings (SSSR count). The van der Waals surface area contributed by atoms with Crippen LogP contribution < -0.4 is 20.8 Å². The zero-order chi connectivity index (χ0) is 22.1. The molecule has 2 N–H and O–H groups in total. The van der Waals surface area contributed by atoms with Gasteiger partial charge in [-0.2, -0.15) is 0 Å². The highest BCUT2D eigenvalue weighted by atomic mass is 16.5. The molecule has 8 heteroatoms. The Labute approximate surface area is 178 Å². The lowest BCUT2D eigenvalue weighted by Crippen LogP contribution is -2.35. The van der Waals surface area contributed by atoms with Gasteiger partial charge in [-0.25, -0.2) is 4.79 Å². The van der Waals surface area contributed by atoms with Gasteiger partial charge in [0, 0.05) is 11.8 Å². The second-order valence-electron chi connectivity index (χ2n) is 7.12. The van der Waals surface area contributed by atoms with Crippen LogP contribution in [0.3, 0.4) is 0 Å². The lowest BCUT2D eigenvalue weighted by Gasteiger charge is -2.29. The van der Waals surface area contributed by atoms with E-state index in [2.05, 4.69) is 0 Å². The molecule has 0 fully saturated rings. The number of hydrogen-bond donors (Lipinski definition) is 1. The van der Waals surface area contributed by atoms with Crippen molar-refractivity contribution in [2.75, 3.05) is 14.2 Å². The Hall–Kier alpha value is -3.94. The molecule has 2 aromatic heterocycles. The molecule has 0 bridgehead atoms. The van der Waals surface area contributed by atoms with E-state index in [-0.39, 0.29) is 23.6 Å². The van der Waals surface area contributed by atoms with Crippen molar-refractivity contribution in [3.63, 3.8) is 0 Å². The number of methoxy groups -OCH3 is 2. The van der Waals surface area contributed by atoms with E-state index in [9.17, 15) is 9.59 Å². The largest absolute Gasteiger partial charge is 0.497 e. The van der Waals surface area contributed by atoms with Crippen molar-refractivity contribution in [1.29, 1.82) is 0 Å². The number of hydrogen-bond acceptors (Lipinski definition) is 7. The van der Waals surface area contributed by atoms with E-state index in [1.807, 2.05) is 0 Å². The number of carbonyl (C=O) groups excluding carboxylic acids is 1. The molecule has 3 aromatic rings. The third kappa shape index (κ3) is 3.56. The zero-order valence-corrected chi connectivity index (χ0v) is 17.4.